The van der Waals surface area contributed by atoms with Crippen LogP contribution in [0.15, 0.2) is 16.8 Å². The monoisotopic (exact) mass is 267 g/mol. The van der Waals surface area contributed by atoms with Gasteiger partial charge in [0.25, 0.3) is 0 Å². The van der Waals surface area contributed by atoms with Crippen molar-refractivity contribution in [2.75, 3.05) is 26.7 Å². The van der Waals surface area contributed by atoms with E-state index in [1.807, 2.05) is 4.90 Å². The van der Waals surface area contributed by atoms with Crippen LogP contribution in [0.3, 0.4) is 0 Å². The molecule has 2 rings (SSSR count). The molecule has 1 aliphatic rings. The summed E-state index contributed by atoms with van der Waals surface area (Å²) in [5.74, 6) is 0.198. The summed E-state index contributed by atoms with van der Waals surface area (Å²) in [5.41, 5.74) is 1.19. The second-order valence-corrected chi connectivity index (χ2v) is 5.78. The van der Waals surface area contributed by atoms with Gasteiger partial charge < -0.3 is 9.80 Å². The highest BCUT2D eigenvalue weighted by atomic mass is 32.1. The van der Waals surface area contributed by atoms with Gasteiger partial charge in [0.05, 0.1) is 6.54 Å². The lowest BCUT2D eigenvalue weighted by Gasteiger charge is -2.28. The predicted octanol–water partition coefficient (Wildman–Crippen LogP) is 1.52. The van der Waals surface area contributed by atoms with Crippen molar-refractivity contribution in [3.05, 3.63) is 22.4 Å². The van der Waals surface area contributed by atoms with Crippen LogP contribution in [-0.2, 0) is 4.79 Å². The Hall–Kier alpha value is -0.910. The van der Waals surface area contributed by atoms with Crippen molar-refractivity contribution in [3.8, 4) is 0 Å². The molecule has 1 unspecified atom stereocenters. The lowest BCUT2D eigenvalue weighted by molar-refractivity contribution is -0.128. The maximum atomic E-state index is 11.9. The first-order chi connectivity index (χ1) is 8.59. The molecule has 1 amide bonds. The summed E-state index contributed by atoms with van der Waals surface area (Å²) in [5, 5.41) is 7.44. The van der Waals surface area contributed by atoms with Crippen molar-refractivity contribution in [1.29, 1.82) is 0 Å². The van der Waals surface area contributed by atoms with Gasteiger partial charge in [0.15, 0.2) is 0 Å². The maximum Gasteiger partial charge on any atom is 0.238 e. The smallest absolute Gasteiger partial charge is 0.238 e. The molecule has 0 spiro atoms. The van der Waals surface area contributed by atoms with Gasteiger partial charge in [-0.05, 0) is 43.3 Å². The molecule has 2 heterocycles. The van der Waals surface area contributed by atoms with Gasteiger partial charge in [0.2, 0.25) is 5.91 Å². The molecule has 1 aromatic rings. The van der Waals surface area contributed by atoms with Crippen LogP contribution in [-0.4, -0.2) is 48.4 Å². The van der Waals surface area contributed by atoms with Gasteiger partial charge in [0.1, 0.15) is 6.17 Å². The molecule has 1 fully saturated rings. The molecular weight excluding hydrogens is 246 g/mol. The van der Waals surface area contributed by atoms with Crippen LogP contribution < -0.4 is 5.32 Å². The van der Waals surface area contributed by atoms with Gasteiger partial charge in [-0.15, -0.1) is 0 Å². The van der Waals surface area contributed by atoms with E-state index in [2.05, 4.69) is 47.9 Å². The zero-order valence-electron chi connectivity index (χ0n) is 11.2. The van der Waals surface area contributed by atoms with E-state index in [4.69, 9.17) is 0 Å². The van der Waals surface area contributed by atoms with E-state index in [0.717, 1.165) is 13.1 Å². The van der Waals surface area contributed by atoms with Gasteiger partial charge in [0, 0.05) is 19.1 Å². The zero-order valence-corrected chi connectivity index (χ0v) is 12.0. The number of rotatable bonds is 5. The summed E-state index contributed by atoms with van der Waals surface area (Å²) in [6.45, 7) is 6.47. The summed E-state index contributed by atoms with van der Waals surface area (Å²) in [7, 11) is 2.10. The number of likely N-dealkylation sites (N-methyl/N-ethyl adjacent to an activating group) is 1. The number of nitrogens with zero attached hydrogens (tertiary/aromatic N) is 2. The number of nitrogens with one attached hydrogen (secondary N) is 1. The minimum absolute atomic E-state index is 0.0595. The average molecular weight is 267 g/mol. The third-order valence-electron chi connectivity index (χ3n) is 3.51. The van der Waals surface area contributed by atoms with Gasteiger partial charge in [-0.1, -0.05) is 0 Å². The Kier molecular flexibility index (Phi) is 4.37. The van der Waals surface area contributed by atoms with Crippen molar-refractivity contribution in [2.24, 2.45) is 0 Å². The molecule has 0 bridgehead atoms. The molecule has 1 saturated heterocycles. The van der Waals surface area contributed by atoms with Gasteiger partial charge in [-0.25, -0.2) is 0 Å². The van der Waals surface area contributed by atoms with Gasteiger partial charge in [-0.3, -0.25) is 10.1 Å². The molecule has 5 heteroatoms. The Labute approximate surface area is 113 Å². The highest BCUT2D eigenvalue weighted by Gasteiger charge is 2.31. The second-order valence-electron chi connectivity index (χ2n) is 5.00. The highest BCUT2D eigenvalue weighted by molar-refractivity contribution is 7.07. The van der Waals surface area contributed by atoms with Crippen molar-refractivity contribution in [3.63, 3.8) is 0 Å². The number of carbonyl (C=O) groups excluding carboxylic acids is 1. The minimum Gasteiger partial charge on any atom is -0.321 e. The van der Waals surface area contributed by atoms with Crippen molar-refractivity contribution >= 4 is 17.2 Å². The Morgan fingerprint density at radius 2 is 2.39 bits per heavy atom. The minimum atomic E-state index is 0.0595. The second kappa shape index (κ2) is 5.82. The average Bonchev–Trinajstić information content (AvgIpc) is 2.95. The Balaban J connectivity index is 1.98. The lowest BCUT2D eigenvalue weighted by Crippen LogP contribution is -2.38. The van der Waals surface area contributed by atoms with E-state index in [1.54, 1.807) is 11.3 Å². The standard InChI is InChI=1S/C13H21N3OS/c1-10(2)15(3)5-6-16-12(17)8-14-13(16)11-4-7-18-9-11/h4,7,9-10,13-14H,5-6,8H2,1-3H3. The van der Waals surface area contributed by atoms with Crippen LogP contribution in [0.25, 0.3) is 0 Å². The Morgan fingerprint density at radius 3 is 3.00 bits per heavy atom. The molecule has 1 aromatic heterocycles. The van der Waals surface area contributed by atoms with Crippen LogP contribution in [0, 0.1) is 0 Å². The normalized spacial score (nSPS) is 20.4. The summed E-state index contributed by atoms with van der Waals surface area (Å²) in [6.07, 6.45) is 0.0595. The van der Waals surface area contributed by atoms with Crippen molar-refractivity contribution < 1.29 is 4.79 Å². The van der Waals surface area contributed by atoms with E-state index in [9.17, 15) is 4.79 Å². The molecule has 1 aliphatic heterocycles. The molecule has 4 nitrogen and oxygen atoms in total. The summed E-state index contributed by atoms with van der Waals surface area (Å²) in [6, 6.07) is 2.59. The highest BCUT2D eigenvalue weighted by Crippen LogP contribution is 2.24. The quantitative estimate of drug-likeness (QED) is 0.878. The lowest BCUT2D eigenvalue weighted by atomic mass is 10.2. The number of carbonyl (C=O) groups is 1. The van der Waals surface area contributed by atoms with Crippen molar-refractivity contribution in [2.45, 2.75) is 26.1 Å². The third-order valence-corrected chi connectivity index (χ3v) is 4.21. The first-order valence-electron chi connectivity index (χ1n) is 6.35. The fraction of sp³-hybridized carbons (Fsp3) is 0.615. The largest absolute Gasteiger partial charge is 0.321 e. The van der Waals surface area contributed by atoms with E-state index in [-0.39, 0.29) is 12.1 Å². The summed E-state index contributed by atoms with van der Waals surface area (Å²) >= 11 is 1.67. The number of hydrogen-bond donors (Lipinski definition) is 1. The number of thiophene rings is 1. The summed E-state index contributed by atoms with van der Waals surface area (Å²) < 4.78 is 0. The van der Waals surface area contributed by atoms with Gasteiger partial charge >= 0.3 is 0 Å². The molecule has 1 atom stereocenters. The van der Waals surface area contributed by atoms with Crippen LogP contribution >= 0.6 is 11.3 Å². The zero-order chi connectivity index (χ0) is 13.1. The summed E-state index contributed by atoms with van der Waals surface area (Å²) in [4.78, 5) is 16.1. The molecule has 0 aromatic carbocycles. The fourth-order valence-corrected chi connectivity index (χ4v) is 2.72. The molecule has 1 N–H and O–H groups in total. The number of amides is 1. The molecule has 0 radical (unpaired) electrons. The van der Waals surface area contributed by atoms with Crippen LogP contribution in [0.4, 0.5) is 0 Å². The first kappa shape index (κ1) is 13.5. The third kappa shape index (κ3) is 2.91. The molecular formula is C13H21N3OS. The van der Waals surface area contributed by atoms with Crippen molar-refractivity contribution in [1.82, 2.24) is 15.1 Å². The van der Waals surface area contributed by atoms with Gasteiger partial charge in [-0.2, -0.15) is 11.3 Å². The number of hydrogen-bond acceptors (Lipinski definition) is 4. The maximum absolute atomic E-state index is 11.9. The fourth-order valence-electron chi connectivity index (χ4n) is 2.05. The van der Waals surface area contributed by atoms with E-state index < -0.39 is 0 Å². The van der Waals surface area contributed by atoms with E-state index >= 15 is 0 Å². The molecule has 0 aliphatic carbocycles. The Bertz CT molecular complexity index is 391. The SMILES string of the molecule is CC(C)N(C)CCN1C(=O)CNC1c1ccsc1. The topological polar surface area (TPSA) is 35.6 Å². The van der Waals surface area contributed by atoms with Crippen LogP contribution in [0.1, 0.15) is 25.6 Å². The Morgan fingerprint density at radius 1 is 1.61 bits per heavy atom. The van der Waals surface area contributed by atoms with E-state index in [1.165, 1.54) is 5.56 Å². The molecule has 100 valence electrons. The predicted molar refractivity (Wildman–Crippen MR) is 74.5 cm³/mol. The van der Waals surface area contributed by atoms with E-state index in [0.29, 0.717) is 12.6 Å². The first-order valence-corrected chi connectivity index (χ1v) is 7.29. The van der Waals surface area contributed by atoms with Crippen LogP contribution in [0.2, 0.25) is 0 Å². The molecule has 0 saturated carbocycles. The van der Waals surface area contributed by atoms with Crippen LogP contribution in [0.5, 0.6) is 0 Å². The molecule has 18 heavy (non-hydrogen) atoms.